The molecule has 0 aromatic heterocycles. The van der Waals surface area contributed by atoms with Crippen LogP contribution in [0.5, 0.6) is 5.75 Å². The van der Waals surface area contributed by atoms with Gasteiger partial charge in [0.15, 0.2) is 11.4 Å². The third-order valence-corrected chi connectivity index (χ3v) is 10.6. The van der Waals surface area contributed by atoms with E-state index in [1.807, 2.05) is 48.5 Å². The van der Waals surface area contributed by atoms with E-state index in [1.165, 1.54) is 6.42 Å². The smallest absolute Gasteiger partial charge is 0.382 e. The van der Waals surface area contributed by atoms with E-state index in [0.29, 0.717) is 30.0 Å². The van der Waals surface area contributed by atoms with Crippen LogP contribution < -0.4 is 18.7 Å². The second kappa shape index (κ2) is 10.5. The van der Waals surface area contributed by atoms with E-state index in [-0.39, 0.29) is 19.0 Å². The summed E-state index contributed by atoms with van der Waals surface area (Å²) in [6, 6.07) is 16.3. The lowest BCUT2D eigenvalue weighted by molar-refractivity contribution is -0.123. The monoisotopic (exact) mass is 516 g/mol. The maximum Gasteiger partial charge on any atom is 0.382 e. The van der Waals surface area contributed by atoms with Gasteiger partial charge in [-0.1, -0.05) is 56.0 Å². The molecule has 2 N–H and O–H groups in total. The van der Waals surface area contributed by atoms with Crippen LogP contribution in [-0.4, -0.2) is 48.6 Å². The normalized spacial score (nSPS) is 24.4. The fourth-order valence-corrected chi connectivity index (χ4v) is 7.68. The molecule has 0 spiro atoms. The van der Waals surface area contributed by atoms with E-state index in [4.69, 9.17) is 4.74 Å². The SMILES string of the molecule is C[Si](C)(C)CC[N+]1(c2ccc(CC3CCCNC3)cc2OCc2ccccc2)C(=O)CNS1(=O)=O. The van der Waals surface area contributed by atoms with Gasteiger partial charge in [-0.25, -0.2) is 4.79 Å². The lowest BCUT2D eigenvalue weighted by Gasteiger charge is -2.31. The first-order valence-electron chi connectivity index (χ1n) is 12.5. The number of nitrogens with zero attached hydrogens (tertiary/aromatic N) is 1. The van der Waals surface area contributed by atoms with E-state index >= 15 is 0 Å². The Morgan fingerprint density at radius 3 is 2.49 bits per heavy atom. The van der Waals surface area contributed by atoms with Gasteiger partial charge in [-0.05, 0) is 61.5 Å². The van der Waals surface area contributed by atoms with Gasteiger partial charge in [-0.2, -0.15) is 13.1 Å². The summed E-state index contributed by atoms with van der Waals surface area (Å²) in [7, 11) is -5.58. The first-order valence-corrected chi connectivity index (χ1v) is 17.7. The Morgan fingerprint density at radius 2 is 1.86 bits per heavy atom. The minimum atomic E-state index is -3.95. The number of quaternary nitrogens is 1. The zero-order chi connectivity index (χ0) is 25.1. The zero-order valence-corrected chi connectivity index (χ0v) is 22.9. The maximum absolute atomic E-state index is 13.4. The second-order valence-electron chi connectivity index (χ2n) is 11.0. The Balaban J connectivity index is 1.75. The van der Waals surface area contributed by atoms with Crippen molar-refractivity contribution in [1.82, 2.24) is 13.9 Å². The van der Waals surface area contributed by atoms with E-state index < -0.39 is 22.2 Å². The highest BCUT2D eigenvalue weighted by molar-refractivity contribution is 7.90. The highest BCUT2D eigenvalue weighted by atomic mass is 32.2. The van der Waals surface area contributed by atoms with Gasteiger partial charge in [-0.15, -0.1) is 3.89 Å². The first kappa shape index (κ1) is 26.0. The average Bonchev–Trinajstić information content (AvgIpc) is 3.06. The molecule has 9 heteroatoms. The van der Waals surface area contributed by atoms with Crippen molar-refractivity contribution < 1.29 is 17.9 Å². The number of rotatable bonds is 9. The molecule has 2 aliphatic heterocycles. The predicted molar refractivity (Wildman–Crippen MR) is 143 cm³/mol. The number of carbonyl (C=O) groups excluding carboxylic acids is 1. The Labute approximate surface area is 210 Å². The molecule has 2 atom stereocenters. The molecule has 2 saturated heterocycles. The molecular weight excluding hydrogens is 478 g/mol. The number of ether oxygens (including phenoxy) is 1. The van der Waals surface area contributed by atoms with E-state index in [2.05, 4.69) is 29.7 Å². The fourth-order valence-electron chi connectivity index (χ4n) is 4.91. The van der Waals surface area contributed by atoms with Gasteiger partial charge < -0.3 is 10.1 Å². The van der Waals surface area contributed by atoms with Gasteiger partial charge in [0.25, 0.3) is 0 Å². The van der Waals surface area contributed by atoms with Gasteiger partial charge in [0, 0.05) is 6.07 Å². The molecular formula is C26H38N3O4SSi+. The van der Waals surface area contributed by atoms with Crippen LogP contribution in [0, 0.1) is 5.92 Å². The molecule has 2 aliphatic rings. The quantitative estimate of drug-likeness (QED) is 0.391. The van der Waals surface area contributed by atoms with Crippen LogP contribution in [0.15, 0.2) is 48.5 Å². The van der Waals surface area contributed by atoms with Crippen LogP contribution in [0.25, 0.3) is 0 Å². The Hall–Kier alpha value is -2.04. The molecule has 2 aromatic carbocycles. The average molecular weight is 517 g/mol. The van der Waals surface area contributed by atoms with Gasteiger partial charge in [-0.3, -0.25) is 0 Å². The molecule has 190 valence electrons. The second-order valence-corrected chi connectivity index (χ2v) is 18.4. The van der Waals surface area contributed by atoms with Crippen LogP contribution >= 0.6 is 0 Å². The van der Waals surface area contributed by atoms with E-state index in [9.17, 15) is 13.2 Å². The lowest BCUT2D eigenvalue weighted by atomic mass is 9.92. The summed E-state index contributed by atoms with van der Waals surface area (Å²) in [5.74, 6) is 0.661. The summed E-state index contributed by atoms with van der Waals surface area (Å²) in [6.45, 7) is 8.95. The summed E-state index contributed by atoms with van der Waals surface area (Å²) >= 11 is 0. The van der Waals surface area contributed by atoms with E-state index in [1.54, 1.807) is 0 Å². The van der Waals surface area contributed by atoms with E-state index in [0.717, 1.165) is 37.1 Å². The van der Waals surface area contributed by atoms with Crippen LogP contribution in [-0.2, 0) is 28.0 Å². The molecule has 1 amide bonds. The van der Waals surface area contributed by atoms with Crippen molar-refractivity contribution in [2.45, 2.75) is 51.6 Å². The van der Waals surface area contributed by atoms with Crippen molar-refractivity contribution >= 4 is 29.9 Å². The number of hydrogen-bond acceptors (Lipinski definition) is 5. The Bertz CT molecular complexity index is 1140. The molecule has 2 fully saturated rings. The highest BCUT2D eigenvalue weighted by Crippen LogP contribution is 2.41. The Kier molecular flexibility index (Phi) is 7.82. The van der Waals surface area contributed by atoms with Gasteiger partial charge >= 0.3 is 16.1 Å². The van der Waals surface area contributed by atoms with Crippen LogP contribution in [0.4, 0.5) is 5.69 Å². The van der Waals surface area contributed by atoms with Crippen LogP contribution in [0.1, 0.15) is 24.0 Å². The maximum atomic E-state index is 13.4. The standard InChI is InChI=1S/C26H38N3O4SSi/c1-35(2,3)15-14-29(26(30)19-28-34(29,31)32)24-12-11-22(16-23-10-7-13-27-18-23)17-25(24)33-20-21-8-5-4-6-9-21/h4-6,8-9,11-12,17,23,27-28H,7,10,13-16,18-20H2,1-3H3/q+1. The molecule has 4 rings (SSSR count). The van der Waals surface area contributed by atoms with Crippen molar-refractivity contribution in [3.05, 3.63) is 59.7 Å². The van der Waals surface area contributed by atoms with Gasteiger partial charge in [0.05, 0.1) is 8.07 Å². The van der Waals surface area contributed by atoms with Gasteiger partial charge in [0.1, 0.15) is 19.7 Å². The molecule has 2 heterocycles. The predicted octanol–water partition coefficient (Wildman–Crippen LogP) is 3.83. The summed E-state index contributed by atoms with van der Waals surface area (Å²) < 4.78 is 34.9. The topological polar surface area (TPSA) is 84.5 Å². The number of benzene rings is 2. The number of nitrogens with one attached hydrogen (secondary N) is 2. The van der Waals surface area contributed by atoms with Crippen molar-refractivity contribution in [3.8, 4) is 5.75 Å². The zero-order valence-electron chi connectivity index (χ0n) is 21.0. The third kappa shape index (κ3) is 5.86. The molecule has 0 radical (unpaired) electrons. The molecule has 0 aliphatic carbocycles. The largest absolute Gasteiger partial charge is 0.483 e. The lowest BCUT2D eigenvalue weighted by Crippen LogP contribution is -2.57. The number of hydrogen-bond donors (Lipinski definition) is 2. The van der Waals surface area contributed by atoms with Gasteiger partial charge in [0.2, 0.25) is 0 Å². The summed E-state index contributed by atoms with van der Waals surface area (Å²) in [4.78, 5) is 13.3. The fraction of sp³-hybridized carbons (Fsp3) is 0.500. The molecule has 2 aromatic rings. The highest BCUT2D eigenvalue weighted by Gasteiger charge is 2.58. The molecule has 0 bridgehead atoms. The summed E-state index contributed by atoms with van der Waals surface area (Å²) in [6.07, 6.45) is 3.22. The summed E-state index contributed by atoms with van der Waals surface area (Å²) in [5.41, 5.74) is 2.51. The van der Waals surface area contributed by atoms with Crippen LogP contribution in [0.3, 0.4) is 0 Å². The van der Waals surface area contributed by atoms with Crippen molar-refractivity contribution in [2.24, 2.45) is 5.92 Å². The number of amides is 1. The first-order chi connectivity index (χ1) is 16.6. The Morgan fingerprint density at radius 1 is 1.09 bits per heavy atom. The number of piperidine rings is 1. The molecule has 35 heavy (non-hydrogen) atoms. The third-order valence-electron chi connectivity index (χ3n) is 6.97. The van der Waals surface area contributed by atoms with Crippen LogP contribution in [0.2, 0.25) is 25.7 Å². The molecule has 7 nitrogen and oxygen atoms in total. The summed E-state index contributed by atoms with van der Waals surface area (Å²) in [5, 5.41) is 3.46. The van der Waals surface area contributed by atoms with Crippen molar-refractivity contribution in [1.29, 1.82) is 0 Å². The van der Waals surface area contributed by atoms with Crippen molar-refractivity contribution in [3.63, 3.8) is 0 Å². The minimum Gasteiger partial charge on any atom is -0.483 e. The van der Waals surface area contributed by atoms with Crippen molar-refractivity contribution in [2.75, 3.05) is 26.2 Å². The minimum absolute atomic E-state index is 0.193. The molecule has 0 saturated carbocycles. The molecule has 2 unspecified atom stereocenters. The number of carbonyl (C=O) groups is 1.